The molecule has 0 aliphatic rings. The van der Waals surface area contributed by atoms with Crippen LogP contribution in [0.15, 0.2) is 0 Å². The summed E-state index contributed by atoms with van der Waals surface area (Å²) in [6.07, 6.45) is -5.61. The fourth-order valence-electron chi connectivity index (χ4n) is 0.757. The number of carbonyl (C=O) groups excluding carboxylic acids is 2. The van der Waals surface area contributed by atoms with Crippen LogP contribution in [0.3, 0.4) is 0 Å². The quantitative estimate of drug-likeness (QED) is 0.385. The molecule has 0 amide bonds. The monoisotopic (exact) mass is 346 g/mol. The number of rotatable bonds is 8. The van der Waals surface area contributed by atoms with Crippen molar-refractivity contribution in [3.05, 3.63) is 0 Å². The second-order valence-electron chi connectivity index (χ2n) is 4.15. The lowest BCUT2D eigenvalue weighted by atomic mass is 10.2. The first-order valence-corrected chi connectivity index (χ1v) is 5.42. The lowest BCUT2D eigenvalue weighted by Crippen LogP contribution is -2.42. The number of alkyl halides is 8. The summed E-state index contributed by atoms with van der Waals surface area (Å²) >= 11 is 0. The van der Waals surface area contributed by atoms with Gasteiger partial charge in [-0.2, -0.15) is 17.6 Å². The fraction of sp³-hybridized carbons (Fsp3) is 0.800. The molecule has 0 radical (unpaired) electrons. The van der Waals surface area contributed by atoms with Crippen molar-refractivity contribution >= 4 is 11.9 Å². The largest absolute Gasteiger partial charge is 0.459 e. The molecule has 0 aromatic rings. The number of halogens is 8. The molecule has 0 atom stereocenters. The minimum Gasteiger partial charge on any atom is -0.459 e. The smallest absolute Gasteiger partial charge is 0.343 e. The molecule has 0 saturated heterocycles. The van der Waals surface area contributed by atoms with Gasteiger partial charge >= 0.3 is 36.1 Å². The predicted molar refractivity (Wildman–Crippen MR) is 53.1 cm³/mol. The maximum absolute atomic E-state index is 12.7. The summed E-state index contributed by atoms with van der Waals surface area (Å²) in [6, 6.07) is 0. The molecule has 0 N–H and O–H groups in total. The van der Waals surface area contributed by atoms with Gasteiger partial charge in [0.1, 0.15) is 6.42 Å². The standard InChI is InChI=1S/C10H10F8O4/c1-8(13,14)10(17,18)4-22-6(20)2-5(19)21-3-9(15,16)7(11)12/h7H,2-4H2,1H3. The van der Waals surface area contributed by atoms with E-state index >= 15 is 0 Å². The fourth-order valence-corrected chi connectivity index (χ4v) is 0.757. The molecule has 12 heteroatoms. The molecular weight excluding hydrogens is 336 g/mol. The normalized spacial score (nSPS) is 13.2. The highest BCUT2D eigenvalue weighted by Gasteiger charge is 2.53. The number of carbonyl (C=O) groups is 2. The maximum Gasteiger partial charge on any atom is 0.343 e. The second kappa shape index (κ2) is 7.09. The highest BCUT2D eigenvalue weighted by Crippen LogP contribution is 2.33. The van der Waals surface area contributed by atoms with E-state index in [-0.39, 0.29) is 6.92 Å². The van der Waals surface area contributed by atoms with Gasteiger partial charge in [-0.25, -0.2) is 17.6 Å². The first kappa shape index (κ1) is 20.4. The summed E-state index contributed by atoms with van der Waals surface area (Å²) in [4.78, 5) is 21.7. The zero-order valence-electron chi connectivity index (χ0n) is 10.9. The summed E-state index contributed by atoms with van der Waals surface area (Å²) in [7, 11) is 0. The summed E-state index contributed by atoms with van der Waals surface area (Å²) in [5.41, 5.74) is 0. The molecule has 0 bridgehead atoms. The van der Waals surface area contributed by atoms with E-state index in [1.54, 1.807) is 0 Å². The van der Waals surface area contributed by atoms with Crippen LogP contribution in [0.5, 0.6) is 0 Å². The van der Waals surface area contributed by atoms with Crippen LogP contribution < -0.4 is 0 Å². The minimum absolute atomic E-state index is 0.137. The minimum atomic E-state index is -4.71. The van der Waals surface area contributed by atoms with Crippen LogP contribution in [-0.2, 0) is 19.1 Å². The highest BCUT2D eigenvalue weighted by molar-refractivity contribution is 5.91. The van der Waals surface area contributed by atoms with Gasteiger partial charge in [-0.3, -0.25) is 9.59 Å². The molecule has 0 aliphatic heterocycles. The van der Waals surface area contributed by atoms with Crippen molar-refractivity contribution < 1.29 is 54.2 Å². The summed E-state index contributed by atoms with van der Waals surface area (Å²) in [6.45, 7) is -4.24. The SMILES string of the molecule is CC(F)(F)C(F)(F)COC(=O)CC(=O)OCC(F)(F)C(F)F. The van der Waals surface area contributed by atoms with Gasteiger partial charge in [-0.1, -0.05) is 0 Å². The molecular formula is C10H10F8O4. The van der Waals surface area contributed by atoms with Crippen LogP contribution in [0.2, 0.25) is 0 Å². The Balaban J connectivity index is 4.26. The van der Waals surface area contributed by atoms with Gasteiger partial charge < -0.3 is 9.47 Å². The van der Waals surface area contributed by atoms with Gasteiger partial charge in [0.25, 0.3) is 0 Å². The van der Waals surface area contributed by atoms with Gasteiger partial charge in [0.05, 0.1) is 0 Å². The summed E-state index contributed by atoms with van der Waals surface area (Å²) in [5.74, 6) is -17.4. The number of ether oxygens (including phenoxy) is 2. The van der Waals surface area contributed by atoms with Crippen LogP contribution in [0.25, 0.3) is 0 Å². The molecule has 0 spiro atoms. The van der Waals surface area contributed by atoms with E-state index in [9.17, 15) is 44.7 Å². The Morgan fingerprint density at radius 3 is 1.68 bits per heavy atom. The Morgan fingerprint density at radius 2 is 1.32 bits per heavy atom. The summed E-state index contributed by atoms with van der Waals surface area (Å²) in [5, 5.41) is 0. The van der Waals surface area contributed by atoms with E-state index in [0.717, 1.165) is 0 Å². The molecule has 0 saturated carbocycles. The summed E-state index contributed by atoms with van der Waals surface area (Å²) < 4.78 is 106. The van der Waals surface area contributed by atoms with Crippen LogP contribution in [0.1, 0.15) is 13.3 Å². The second-order valence-corrected chi connectivity index (χ2v) is 4.15. The first-order valence-electron chi connectivity index (χ1n) is 5.42. The maximum atomic E-state index is 12.7. The van der Waals surface area contributed by atoms with Crippen molar-refractivity contribution in [1.82, 2.24) is 0 Å². The van der Waals surface area contributed by atoms with Crippen molar-refractivity contribution in [3.63, 3.8) is 0 Å². The molecule has 0 unspecified atom stereocenters. The molecule has 22 heavy (non-hydrogen) atoms. The van der Waals surface area contributed by atoms with Crippen molar-refractivity contribution in [2.24, 2.45) is 0 Å². The molecule has 0 aromatic carbocycles. The third-order valence-electron chi connectivity index (χ3n) is 2.09. The molecule has 130 valence electrons. The van der Waals surface area contributed by atoms with E-state index in [0.29, 0.717) is 0 Å². The lowest BCUT2D eigenvalue weighted by molar-refractivity contribution is -0.222. The van der Waals surface area contributed by atoms with Crippen LogP contribution in [-0.4, -0.2) is 49.3 Å². The highest BCUT2D eigenvalue weighted by atomic mass is 19.3. The Labute approximate surface area is 118 Å². The van der Waals surface area contributed by atoms with Crippen molar-refractivity contribution in [2.45, 2.75) is 37.5 Å². The van der Waals surface area contributed by atoms with E-state index in [4.69, 9.17) is 0 Å². The Hall–Kier alpha value is -1.62. The molecule has 0 aromatic heterocycles. The van der Waals surface area contributed by atoms with Crippen LogP contribution >= 0.6 is 0 Å². The average molecular weight is 346 g/mol. The Kier molecular flexibility index (Phi) is 6.57. The third kappa shape index (κ3) is 6.43. The van der Waals surface area contributed by atoms with Gasteiger partial charge in [-0.15, -0.1) is 0 Å². The van der Waals surface area contributed by atoms with Crippen molar-refractivity contribution in [1.29, 1.82) is 0 Å². The zero-order valence-corrected chi connectivity index (χ0v) is 10.9. The van der Waals surface area contributed by atoms with E-state index in [1.165, 1.54) is 0 Å². The zero-order chi connectivity index (χ0) is 17.8. The first-order chi connectivity index (χ1) is 9.69. The molecule has 0 rings (SSSR count). The molecule has 4 nitrogen and oxygen atoms in total. The topological polar surface area (TPSA) is 52.6 Å². The molecule has 0 heterocycles. The predicted octanol–water partition coefficient (Wildman–Crippen LogP) is 2.65. The van der Waals surface area contributed by atoms with Crippen molar-refractivity contribution in [3.8, 4) is 0 Å². The van der Waals surface area contributed by atoms with E-state index in [2.05, 4.69) is 9.47 Å². The number of esters is 2. The van der Waals surface area contributed by atoms with E-state index in [1.807, 2.05) is 0 Å². The van der Waals surface area contributed by atoms with Crippen LogP contribution in [0.4, 0.5) is 35.1 Å². The van der Waals surface area contributed by atoms with Crippen molar-refractivity contribution in [2.75, 3.05) is 13.2 Å². The molecule has 0 aliphatic carbocycles. The van der Waals surface area contributed by atoms with Gasteiger partial charge in [-0.05, 0) is 0 Å². The Morgan fingerprint density at radius 1 is 0.909 bits per heavy atom. The third-order valence-corrected chi connectivity index (χ3v) is 2.09. The average Bonchev–Trinajstić information content (AvgIpc) is 2.32. The number of hydrogen-bond donors (Lipinski definition) is 0. The van der Waals surface area contributed by atoms with E-state index < -0.39 is 55.8 Å². The van der Waals surface area contributed by atoms with Crippen LogP contribution in [0, 0.1) is 0 Å². The van der Waals surface area contributed by atoms with Gasteiger partial charge in [0.15, 0.2) is 13.2 Å². The van der Waals surface area contributed by atoms with Gasteiger partial charge in [0.2, 0.25) is 0 Å². The lowest BCUT2D eigenvalue weighted by Gasteiger charge is -2.22. The molecule has 0 fully saturated rings. The number of hydrogen-bond acceptors (Lipinski definition) is 4. The Bertz CT molecular complexity index is 404. The van der Waals surface area contributed by atoms with Gasteiger partial charge in [0, 0.05) is 6.92 Å².